The van der Waals surface area contributed by atoms with E-state index in [1.165, 1.54) is 6.33 Å². The molecule has 0 aliphatic heterocycles. The topological polar surface area (TPSA) is 68.0 Å². The van der Waals surface area contributed by atoms with Gasteiger partial charge in [0.1, 0.15) is 12.0 Å². The Morgan fingerprint density at radius 3 is 2.70 bits per heavy atom. The van der Waals surface area contributed by atoms with Gasteiger partial charge < -0.3 is 5.11 Å². The fraction of sp³-hybridized carbons (Fsp3) is 0.353. The van der Waals surface area contributed by atoms with Crippen LogP contribution in [0.25, 0.3) is 21.8 Å². The van der Waals surface area contributed by atoms with Gasteiger partial charge in [0.2, 0.25) is 0 Å². The number of pyridine rings is 1. The summed E-state index contributed by atoms with van der Waals surface area (Å²) < 4.78 is 1.77. The van der Waals surface area contributed by atoms with Gasteiger partial charge in [-0.1, -0.05) is 17.7 Å². The van der Waals surface area contributed by atoms with Crippen LogP contribution in [0.2, 0.25) is 5.02 Å². The Bertz CT molecular complexity index is 946. The lowest BCUT2D eigenvalue weighted by Crippen LogP contribution is -2.30. The summed E-state index contributed by atoms with van der Waals surface area (Å²) in [6.07, 6.45) is 5.90. The predicted molar refractivity (Wildman–Crippen MR) is 89.8 cm³/mol. The highest BCUT2D eigenvalue weighted by atomic mass is 35.5. The van der Waals surface area contributed by atoms with Crippen molar-refractivity contribution in [2.24, 2.45) is 0 Å². The van der Waals surface area contributed by atoms with Crippen molar-refractivity contribution in [2.45, 2.75) is 37.8 Å². The maximum absolute atomic E-state index is 13.1. The van der Waals surface area contributed by atoms with Crippen LogP contribution >= 0.6 is 11.6 Å². The summed E-state index contributed by atoms with van der Waals surface area (Å²) in [6.45, 7) is 0. The molecule has 1 aliphatic rings. The maximum Gasteiger partial charge on any atom is 0.260 e. The first-order chi connectivity index (χ1) is 11.1. The highest BCUT2D eigenvalue weighted by Crippen LogP contribution is 2.31. The van der Waals surface area contributed by atoms with Crippen LogP contribution in [-0.4, -0.2) is 25.7 Å². The van der Waals surface area contributed by atoms with Crippen molar-refractivity contribution >= 4 is 33.4 Å². The molecule has 0 spiro atoms. The van der Waals surface area contributed by atoms with Crippen LogP contribution in [0.1, 0.15) is 31.7 Å². The van der Waals surface area contributed by atoms with Crippen molar-refractivity contribution < 1.29 is 5.11 Å². The minimum Gasteiger partial charge on any atom is -0.393 e. The van der Waals surface area contributed by atoms with Crippen LogP contribution in [0, 0.1) is 0 Å². The van der Waals surface area contributed by atoms with Crippen molar-refractivity contribution in [1.82, 2.24) is 14.5 Å². The number of hydrogen-bond donors (Lipinski definition) is 1. The van der Waals surface area contributed by atoms with E-state index >= 15 is 0 Å². The number of hydrogen-bond acceptors (Lipinski definition) is 4. The molecule has 2 aromatic heterocycles. The molecule has 0 saturated heterocycles. The second kappa shape index (κ2) is 5.58. The fourth-order valence-electron chi connectivity index (χ4n) is 3.51. The Balaban J connectivity index is 2.05. The van der Waals surface area contributed by atoms with Gasteiger partial charge in [-0.3, -0.25) is 9.36 Å². The number of aliphatic hydroxyl groups excluding tert-OH is 1. The lowest BCUT2D eigenvalue weighted by Gasteiger charge is -2.28. The molecule has 6 heteroatoms. The highest BCUT2D eigenvalue weighted by molar-refractivity contribution is 6.31. The van der Waals surface area contributed by atoms with Gasteiger partial charge in [0.05, 0.1) is 6.10 Å². The molecular weight excluding hydrogens is 314 g/mol. The number of halogens is 1. The summed E-state index contributed by atoms with van der Waals surface area (Å²) in [5.41, 5.74) is 0.580. The SMILES string of the molecule is O=c1c2cc(Cl)ccc2c2cncnc2n1C1CCC(O)CC1. The zero-order chi connectivity index (χ0) is 16.0. The Morgan fingerprint density at radius 1 is 1.13 bits per heavy atom. The molecule has 4 rings (SSSR count). The molecule has 0 amide bonds. The molecule has 23 heavy (non-hydrogen) atoms. The molecule has 1 saturated carbocycles. The largest absolute Gasteiger partial charge is 0.393 e. The van der Waals surface area contributed by atoms with E-state index in [0.29, 0.717) is 28.9 Å². The van der Waals surface area contributed by atoms with Gasteiger partial charge in [0, 0.05) is 28.0 Å². The third kappa shape index (κ3) is 2.40. The van der Waals surface area contributed by atoms with E-state index in [9.17, 15) is 9.90 Å². The smallest absolute Gasteiger partial charge is 0.260 e. The molecule has 1 aliphatic carbocycles. The average molecular weight is 330 g/mol. The quantitative estimate of drug-likeness (QED) is 0.697. The average Bonchev–Trinajstić information content (AvgIpc) is 2.57. The lowest BCUT2D eigenvalue weighted by atomic mass is 9.92. The molecular formula is C17H16ClN3O2. The van der Waals surface area contributed by atoms with Gasteiger partial charge in [-0.2, -0.15) is 0 Å². The van der Waals surface area contributed by atoms with E-state index in [1.807, 2.05) is 6.07 Å². The summed E-state index contributed by atoms with van der Waals surface area (Å²) in [6, 6.07) is 5.38. The van der Waals surface area contributed by atoms with Crippen LogP contribution in [-0.2, 0) is 0 Å². The predicted octanol–water partition coefficient (Wildman–Crippen LogP) is 3.07. The molecule has 118 valence electrons. The van der Waals surface area contributed by atoms with Gasteiger partial charge in [-0.05, 0) is 43.2 Å². The van der Waals surface area contributed by atoms with Crippen LogP contribution < -0.4 is 5.56 Å². The van der Waals surface area contributed by atoms with E-state index < -0.39 is 0 Å². The zero-order valence-electron chi connectivity index (χ0n) is 12.4. The minimum atomic E-state index is -0.266. The van der Waals surface area contributed by atoms with Crippen LogP contribution in [0.4, 0.5) is 0 Å². The molecule has 0 atom stereocenters. The van der Waals surface area contributed by atoms with E-state index in [1.54, 1.807) is 22.9 Å². The van der Waals surface area contributed by atoms with Crippen molar-refractivity contribution in [3.63, 3.8) is 0 Å². The van der Waals surface area contributed by atoms with Gasteiger partial charge in [0.25, 0.3) is 5.56 Å². The summed E-state index contributed by atoms with van der Waals surface area (Å²) >= 11 is 6.09. The number of aromatic nitrogens is 3. The monoisotopic (exact) mass is 329 g/mol. The van der Waals surface area contributed by atoms with Gasteiger partial charge in [-0.25, -0.2) is 9.97 Å². The number of rotatable bonds is 1. The molecule has 3 aromatic rings. The first kappa shape index (κ1) is 14.6. The van der Waals surface area contributed by atoms with Crippen molar-refractivity contribution in [1.29, 1.82) is 0 Å². The van der Waals surface area contributed by atoms with E-state index in [2.05, 4.69) is 9.97 Å². The van der Waals surface area contributed by atoms with Crippen LogP contribution in [0.15, 0.2) is 35.5 Å². The van der Waals surface area contributed by atoms with Crippen LogP contribution in [0.3, 0.4) is 0 Å². The number of nitrogens with zero attached hydrogens (tertiary/aromatic N) is 3. The van der Waals surface area contributed by atoms with Crippen molar-refractivity contribution in [3.05, 3.63) is 46.1 Å². The Hall–Kier alpha value is -1.98. The summed E-state index contributed by atoms with van der Waals surface area (Å²) in [7, 11) is 0. The third-order valence-electron chi connectivity index (χ3n) is 4.67. The molecule has 0 bridgehead atoms. The Labute approximate surface area is 137 Å². The fourth-order valence-corrected chi connectivity index (χ4v) is 3.69. The first-order valence-electron chi connectivity index (χ1n) is 7.76. The van der Waals surface area contributed by atoms with E-state index in [0.717, 1.165) is 23.6 Å². The molecule has 1 N–H and O–H groups in total. The van der Waals surface area contributed by atoms with Gasteiger partial charge >= 0.3 is 0 Å². The second-order valence-corrected chi connectivity index (χ2v) is 6.52. The molecule has 0 unspecified atom stereocenters. The van der Waals surface area contributed by atoms with Gasteiger partial charge in [-0.15, -0.1) is 0 Å². The Kier molecular flexibility index (Phi) is 3.54. The molecule has 0 radical (unpaired) electrons. The maximum atomic E-state index is 13.1. The number of benzene rings is 1. The standard InChI is InChI=1S/C17H16ClN3O2/c18-10-1-6-13-14(7-10)17(23)21(11-2-4-12(22)5-3-11)16-15(13)8-19-9-20-16/h1,6-9,11-12,22H,2-5H2. The second-order valence-electron chi connectivity index (χ2n) is 6.09. The lowest BCUT2D eigenvalue weighted by molar-refractivity contribution is 0.111. The molecule has 5 nitrogen and oxygen atoms in total. The first-order valence-corrected chi connectivity index (χ1v) is 8.14. The Morgan fingerprint density at radius 2 is 1.91 bits per heavy atom. The number of aliphatic hydroxyl groups is 1. The van der Waals surface area contributed by atoms with Gasteiger partial charge in [0.15, 0.2) is 0 Å². The van der Waals surface area contributed by atoms with E-state index in [-0.39, 0.29) is 17.7 Å². The minimum absolute atomic E-state index is 0.0479. The number of fused-ring (bicyclic) bond motifs is 3. The summed E-state index contributed by atoms with van der Waals surface area (Å²) in [4.78, 5) is 21.5. The molecule has 1 fully saturated rings. The molecule has 1 aromatic carbocycles. The van der Waals surface area contributed by atoms with Crippen molar-refractivity contribution in [2.75, 3.05) is 0 Å². The summed E-state index contributed by atoms with van der Waals surface area (Å²) in [5.74, 6) is 0. The van der Waals surface area contributed by atoms with Crippen molar-refractivity contribution in [3.8, 4) is 0 Å². The highest BCUT2D eigenvalue weighted by Gasteiger charge is 2.24. The molecule has 2 heterocycles. The third-order valence-corrected chi connectivity index (χ3v) is 4.91. The van der Waals surface area contributed by atoms with Crippen LogP contribution in [0.5, 0.6) is 0 Å². The summed E-state index contributed by atoms with van der Waals surface area (Å²) in [5, 5.41) is 12.5. The zero-order valence-corrected chi connectivity index (χ0v) is 13.2. The normalized spacial score (nSPS) is 21.8. The van der Waals surface area contributed by atoms with E-state index in [4.69, 9.17) is 11.6 Å².